The van der Waals surface area contributed by atoms with Gasteiger partial charge in [0.2, 0.25) is 0 Å². The molecule has 0 saturated carbocycles. The number of carboxylic acids is 1. The lowest BCUT2D eigenvalue weighted by Crippen LogP contribution is -2.32. The zero-order chi connectivity index (χ0) is 28.7. The van der Waals surface area contributed by atoms with E-state index < -0.39 is 17.7 Å². The summed E-state index contributed by atoms with van der Waals surface area (Å²) in [7, 11) is 0. The number of carbonyl (C=O) groups excluding carboxylic acids is 1. The Labute approximate surface area is 232 Å². The lowest BCUT2D eigenvalue weighted by Gasteiger charge is -2.19. The highest BCUT2D eigenvalue weighted by Gasteiger charge is 2.18. The highest BCUT2D eigenvalue weighted by atomic mass is 19.1. The maximum atomic E-state index is 15.3. The van der Waals surface area contributed by atoms with Crippen LogP contribution in [0.15, 0.2) is 65.4 Å². The molecule has 0 fully saturated rings. The first-order valence-corrected chi connectivity index (χ1v) is 13.1. The highest BCUT2D eigenvalue weighted by Crippen LogP contribution is 2.34. The van der Waals surface area contributed by atoms with E-state index in [0.717, 1.165) is 29.5 Å². The summed E-state index contributed by atoms with van der Waals surface area (Å²) in [6, 6.07) is 14.4. The Hall–Kier alpha value is -4.24. The van der Waals surface area contributed by atoms with Gasteiger partial charge in [-0.25, -0.2) is 9.18 Å². The minimum absolute atomic E-state index is 0.00171. The number of carboxylic acid groups (broad SMARTS) is 1. The Morgan fingerprint density at radius 1 is 1.07 bits per heavy atom. The number of hydrogen-bond donors (Lipinski definition) is 2. The number of aromatic nitrogens is 1. The van der Waals surface area contributed by atoms with Crippen molar-refractivity contribution in [1.29, 1.82) is 0 Å². The third kappa shape index (κ3) is 7.89. The van der Waals surface area contributed by atoms with Gasteiger partial charge in [-0.15, -0.1) is 0 Å². The molecule has 0 spiro atoms. The fourth-order valence-corrected chi connectivity index (χ4v) is 4.26. The predicted molar refractivity (Wildman–Crippen MR) is 148 cm³/mol. The van der Waals surface area contributed by atoms with Crippen LogP contribution in [-0.4, -0.2) is 34.4 Å². The molecule has 4 aromatic rings. The van der Waals surface area contributed by atoms with Crippen molar-refractivity contribution in [1.82, 2.24) is 10.3 Å². The maximum Gasteiger partial charge on any atom is 0.407 e. The van der Waals surface area contributed by atoms with Crippen LogP contribution in [-0.2, 0) is 40.3 Å². The smallest absolute Gasteiger partial charge is 0.407 e. The number of aliphatic carboxylic acids is 1. The second kappa shape index (κ2) is 12.7. The van der Waals surface area contributed by atoms with Gasteiger partial charge < -0.3 is 24.3 Å². The number of ether oxygens (including phenoxy) is 2. The standard InChI is InChI=1S/C31H33FN2O6/c1-31(2,3)40-30(37)34-18-24-16-22(10-12-33-24)26-17-23(28(32)25-11-14-39-29(25)26)19-38-13-4-5-20-6-8-21(9-7-20)15-27(35)36/h6-12,14,16-17H,4-5,13,15,18-19H2,1-3H3,(H,34,37)(H,35,36). The van der Waals surface area contributed by atoms with Crippen molar-refractivity contribution in [2.75, 3.05) is 6.61 Å². The number of rotatable bonds is 11. The number of nitrogens with zero attached hydrogens (tertiary/aromatic N) is 1. The Kier molecular flexibility index (Phi) is 9.16. The molecule has 2 N–H and O–H groups in total. The Bertz CT molecular complexity index is 1470. The largest absolute Gasteiger partial charge is 0.481 e. The van der Waals surface area contributed by atoms with Crippen LogP contribution in [0.1, 0.15) is 49.6 Å². The number of benzene rings is 2. The number of nitrogens with one attached hydrogen (secondary N) is 1. The number of alkyl carbamates (subject to hydrolysis) is 1. The van der Waals surface area contributed by atoms with Crippen LogP contribution in [0.5, 0.6) is 0 Å². The molecule has 0 aliphatic rings. The quantitative estimate of drug-likeness (QED) is 0.208. The number of furan rings is 1. The van der Waals surface area contributed by atoms with Gasteiger partial charge in [0.1, 0.15) is 17.0 Å². The molecule has 0 unspecified atom stereocenters. The number of amides is 1. The second-order valence-electron chi connectivity index (χ2n) is 10.5. The van der Waals surface area contributed by atoms with E-state index in [2.05, 4.69) is 10.3 Å². The van der Waals surface area contributed by atoms with Crippen molar-refractivity contribution in [2.45, 2.75) is 58.8 Å². The van der Waals surface area contributed by atoms with Crippen molar-refractivity contribution < 1.29 is 33.0 Å². The monoisotopic (exact) mass is 548 g/mol. The topological polar surface area (TPSA) is 111 Å². The molecule has 0 aliphatic carbocycles. The molecule has 0 aliphatic heterocycles. The third-order valence-corrected chi connectivity index (χ3v) is 6.08. The van der Waals surface area contributed by atoms with Crippen LogP contribution < -0.4 is 5.32 Å². The van der Waals surface area contributed by atoms with Crippen molar-refractivity contribution >= 4 is 23.0 Å². The van der Waals surface area contributed by atoms with E-state index in [9.17, 15) is 9.59 Å². The summed E-state index contributed by atoms with van der Waals surface area (Å²) >= 11 is 0. The fraction of sp³-hybridized carbons (Fsp3) is 0.323. The lowest BCUT2D eigenvalue weighted by atomic mass is 10.00. The lowest BCUT2D eigenvalue weighted by molar-refractivity contribution is -0.136. The van der Waals surface area contributed by atoms with Gasteiger partial charge >= 0.3 is 12.1 Å². The average molecular weight is 549 g/mol. The van der Waals surface area contributed by atoms with Gasteiger partial charge in [0.15, 0.2) is 0 Å². The van der Waals surface area contributed by atoms with E-state index in [1.54, 1.807) is 45.2 Å². The van der Waals surface area contributed by atoms with Gasteiger partial charge in [0, 0.05) is 23.9 Å². The van der Waals surface area contributed by atoms with Gasteiger partial charge in [-0.05, 0) is 74.6 Å². The highest BCUT2D eigenvalue weighted by molar-refractivity contribution is 5.93. The van der Waals surface area contributed by atoms with Crippen molar-refractivity contribution in [2.24, 2.45) is 0 Å². The maximum absolute atomic E-state index is 15.3. The number of pyridine rings is 1. The molecule has 40 heavy (non-hydrogen) atoms. The molecular weight excluding hydrogens is 515 g/mol. The minimum atomic E-state index is -0.857. The number of fused-ring (bicyclic) bond motifs is 1. The summed E-state index contributed by atoms with van der Waals surface area (Å²) in [5, 5.41) is 12.0. The molecule has 2 aromatic heterocycles. The first kappa shape index (κ1) is 28.8. The SMILES string of the molecule is CC(C)(C)OC(=O)NCc1cc(-c2cc(COCCCc3ccc(CC(=O)O)cc3)c(F)c3ccoc23)ccn1. The van der Waals surface area contributed by atoms with Gasteiger partial charge in [0.05, 0.1) is 36.9 Å². The van der Waals surface area contributed by atoms with Crippen LogP contribution in [0.4, 0.5) is 9.18 Å². The second-order valence-corrected chi connectivity index (χ2v) is 10.5. The number of halogens is 1. The molecule has 1 amide bonds. The molecule has 0 bridgehead atoms. The molecular formula is C31H33FN2O6. The summed E-state index contributed by atoms with van der Waals surface area (Å²) in [6.45, 7) is 6.07. The Morgan fingerprint density at radius 2 is 1.82 bits per heavy atom. The first-order valence-electron chi connectivity index (χ1n) is 13.1. The van der Waals surface area contributed by atoms with E-state index >= 15 is 4.39 Å². The van der Waals surface area contributed by atoms with E-state index in [1.165, 1.54) is 6.26 Å². The summed E-state index contributed by atoms with van der Waals surface area (Å²) in [4.78, 5) is 27.2. The molecule has 210 valence electrons. The van der Waals surface area contributed by atoms with Crippen LogP contribution in [0, 0.1) is 5.82 Å². The normalized spacial score (nSPS) is 11.5. The van der Waals surface area contributed by atoms with E-state index in [-0.39, 0.29) is 25.4 Å². The minimum Gasteiger partial charge on any atom is -0.481 e. The Balaban J connectivity index is 1.40. The van der Waals surface area contributed by atoms with Gasteiger partial charge in [-0.2, -0.15) is 0 Å². The summed E-state index contributed by atoms with van der Waals surface area (Å²) in [6.07, 6.45) is 4.05. The first-order chi connectivity index (χ1) is 19.1. The summed E-state index contributed by atoms with van der Waals surface area (Å²) in [5.41, 5.74) is 4.14. The molecule has 2 aromatic carbocycles. The van der Waals surface area contributed by atoms with Gasteiger partial charge in [-0.1, -0.05) is 24.3 Å². The molecule has 4 rings (SSSR count). The van der Waals surface area contributed by atoms with Crippen molar-refractivity contribution in [3.05, 3.63) is 89.2 Å². The molecule has 8 nitrogen and oxygen atoms in total. The zero-order valence-corrected chi connectivity index (χ0v) is 22.8. The van der Waals surface area contributed by atoms with Crippen LogP contribution >= 0.6 is 0 Å². The molecule has 0 saturated heterocycles. The van der Waals surface area contributed by atoms with Crippen molar-refractivity contribution in [3.8, 4) is 11.1 Å². The predicted octanol–water partition coefficient (Wildman–Crippen LogP) is 6.44. The number of hydrogen-bond acceptors (Lipinski definition) is 6. The van der Waals surface area contributed by atoms with Crippen LogP contribution in [0.2, 0.25) is 0 Å². The zero-order valence-electron chi connectivity index (χ0n) is 22.8. The van der Waals surface area contributed by atoms with Gasteiger partial charge in [-0.3, -0.25) is 9.78 Å². The Morgan fingerprint density at radius 3 is 2.55 bits per heavy atom. The molecule has 0 radical (unpaired) electrons. The molecule has 9 heteroatoms. The number of aryl methyl sites for hydroxylation is 1. The molecule has 2 heterocycles. The van der Waals surface area contributed by atoms with Gasteiger partial charge in [0.25, 0.3) is 0 Å². The fourth-order valence-electron chi connectivity index (χ4n) is 4.26. The summed E-state index contributed by atoms with van der Waals surface area (Å²) in [5.74, 6) is -1.24. The van der Waals surface area contributed by atoms with Crippen LogP contribution in [0.3, 0.4) is 0 Å². The number of carbonyl (C=O) groups is 2. The summed E-state index contributed by atoms with van der Waals surface area (Å²) < 4.78 is 32.0. The van der Waals surface area contributed by atoms with Crippen LogP contribution in [0.25, 0.3) is 22.1 Å². The average Bonchev–Trinajstić information content (AvgIpc) is 3.39. The third-order valence-electron chi connectivity index (χ3n) is 6.08. The van der Waals surface area contributed by atoms with E-state index in [4.69, 9.17) is 19.0 Å². The van der Waals surface area contributed by atoms with E-state index in [1.807, 2.05) is 30.3 Å². The molecule has 0 atom stereocenters. The van der Waals surface area contributed by atoms with E-state index in [0.29, 0.717) is 34.4 Å². The van der Waals surface area contributed by atoms with Crippen molar-refractivity contribution in [3.63, 3.8) is 0 Å².